The average molecular weight is 390 g/mol. The van der Waals surface area contributed by atoms with Crippen molar-refractivity contribution in [2.24, 2.45) is 0 Å². The number of carbonyl (C=O) groups is 1. The lowest BCUT2D eigenvalue weighted by molar-refractivity contribution is 0.104. The minimum Gasteiger partial charge on any atom is -0.507 e. The Balaban J connectivity index is 1.66. The van der Waals surface area contributed by atoms with Crippen LogP contribution in [-0.2, 0) is 6.61 Å². The molecule has 0 bridgehead atoms. The van der Waals surface area contributed by atoms with E-state index in [0.29, 0.717) is 30.3 Å². The van der Waals surface area contributed by atoms with Gasteiger partial charge in [0.1, 0.15) is 29.6 Å². The molecule has 0 spiro atoms. The Hall–Kier alpha value is -3.73. The molecule has 0 saturated carbocycles. The molecule has 0 amide bonds. The van der Waals surface area contributed by atoms with E-state index in [1.807, 2.05) is 37.3 Å². The molecule has 148 valence electrons. The first kappa shape index (κ1) is 20.0. The molecule has 3 rings (SSSR count). The summed E-state index contributed by atoms with van der Waals surface area (Å²) in [6.07, 6.45) is 2.80. The molecule has 3 aromatic rings. The van der Waals surface area contributed by atoms with Crippen molar-refractivity contribution < 1.29 is 24.5 Å². The second-order valence-corrected chi connectivity index (χ2v) is 6.30. The molecule has 0 heterocycles. The van der Waals surface area contributed by atoms with E-state index in [1.54, 1.807) is 18.2 Å². The molecule has 0 fully saturated rings. The summed E-state index contributed by atoms with van der Waals surface area (Å²) in [6.45, 7) is 2.70. The number of hydrogen-bond acceptors (Lipinski definition) is 5. The number of phenolic OH excluding ortho intramolecular Hbond substituents is 2. The van der Waals surface area contributed by atoms with Crippen LogP contribution < -0.4 is 9.47 Å². The summed E-state index contributed by atoms with van der Waals surface area (Å²) in [5, 5.41) is 20.2. The van der Waals surface area contributed by atoms with Gasteiger partial charge in [0.05, 0.1) is 12.2 Å². The molecule has 5 heteroatoms. The SMILES string of the molecule is CCOc1ccc(C(=O)C=Cc2ccc(OCc3ccccc3)cc2O)c(O)c1. The average Bonchev–Trinajstić information content (AvgIpc) is 2.72. The second-order valence-electron chi connectivity index (χ2n) is 6.30. The molecule has 0 atom stereocenters. The maximum absolute atomic E-state index is 12.4. The van der Waals surface area contributed by atoms with Crippen LogP contribution in [0.25, 0.3) is 6.08 Å². The first-order valence-corrected chi connectivity index (χ1v) is 9.25. The van der Waals surface area contributed by atoms with Gasteiger partial charge in [-0.3, -0.25) is 4.79 Å². The van der Waals surface area contributed by atoms with Crippen LogP contribution in [0.5, 0.6) is 23.0 Å². The Bertz CT molecular complexity index is 1010. The topological polar surface area (TPSA) is 76.0 Å². The van der Waals surface area contributed by atoms with Crippen molar-refractivity contribution in [3.63, 3.8) is 0 Å². The highest BCUT2D eigenvalue weighted by Gasteiger charge is 2.10. The zero-order valence-electron chi connectivity index (χ0n) is 16.0. The van der Waals surface area contributed by atoms with Crippen molar-refractivity contribution in [1.29, 1.82) is 0 Å². The molecular weight excluding hydrogens is 368 g/mol. The summed E-state index contributed by atoms with van der Waals surface area (Å²) in [5.74, 6) is 0.484. The highest BCUT2D eigenvalue weighted by molar-refractivity contribution is 6.08. The highest BCUT2D eigenvalue weighted by atomic mass is 16.5. The van der Waals surface area contributed by atoms with Crippen molar-refractivity contribution in [1.82, 2.24) is 0 Å². The van der Waals surface area contributed by atoms with E-state index < -0.39 is 0 Å². The van der Waals surface area contributed by atoms with Gasteiger partial charge in [-0.1, -0.05) is 30.3 Å². The van der Waals surface area contributed by atoms with Gasteiger partial charge in [-0.2, -0.15) is 0 Å². The van der Waals surface area contributed by atoms with Crippen LogP contribution >= 0.6 is 0 Å². The molecule has 5 nitrogen and oxygen atoms in total. The summed E-state index contributed by atoms with van der Waals surface area (Å²) in [4.78, 5) is 12.4. The van der Waals surface area contributed by atoms with Crippen LogP contribution in [-0.4, -0.2) is 22.6 Å². The first-order valence-electron chi connectivity index (χ1n) is 9.25. The lowest BCUT2D eigenvalue weighted by Gasteiger charge is -2.08. The Morgan fingerprint density at radius 2 is 1.59 bits per heavy atom. The molecular formula is C24H22O5. The molecule has 0 aromatic heterocycles. The van der Waals surface area contributed by atoms with E-state index in [0.717, 1.165) is 5.56 Å². The molecule has 29 heavy (non-hydrogen) atoms. The molecule has 0 unspecified atom stereocenters. The van der Waals surface area contributed by atoms with Gasteiger partial charge < -0.3 is 19.7 Å². The lowest BCUT2D eigenvalue weighted by atomic mass is 10.1. The molecule has 0 aliphatic heterocycles. The van der Waals surface area contributed by atoms with Gasteiger partial charge in [0.25, 0.3) is 0 Å². The lowest BCUT2D eigenvalue weighted by Crippen LogP contribution is -1.97. The van der Waals surface area contributed by atoms with E-state index >= 15 is 0 Å². The van der Waals surface area contributed by atoms with Crippen LogP contribution in [0.1, 0.15) is 28.4 Å². The summed E-state index contributed by atoms with van der Waals surface area (Å²) in [7, 11) is 0. The number of carbonyl (C=O) groups excluding carboxylic acids is 1. The number of ketones is 1. The minimum absolute atomic E-state index is 0.00414. The zero-order valence-corrected chi connectivity index (χ0v) is 16.0. The Labute approximate surface area is 169 Å². The Kier molecular flexibility index (Phi) is 6.53. The van der Waals surface area contributed by atoms with E-state index in [2.05, 4.69) is 0 Å². The predicted octanol–water partition coefficient (Wildman–Crippen LogP) is 4.97. The monoisotopic (exact) mass is 390 g/mol. The van der Waals surface area contributed by atoms with E-state index in [4.69, 9.17) is 9.47 Å². The minimum atomic E-state index is -0.380. The quantitative estimate of drug-likeness (QED) is 0.419. The maximum atomic E-state index is 12.4. The fourth-order valence-electron chi connectivity index (χ4n) is 2.73. The van der Waals surface area contributed by atoms with Crippen molar-refractivity contribution in [3.8, 4) is 23.0 Å². The molecule has 2 N–H and O–H groups in total. The normalized spacial score (nSPS) is 10.8. The third-order valence-electron chi connectivity index (χ3n) is 4.21. The molecule has 0 aliphatic rings. The third-order valence-corrected chi connectivity index (χ3v) is 4.21. The number of phenols is 2. The van der Waals surface area contributed by atoms with Crippen LogP contribution in [0.4, 0.5) is 0 Å². The maximum Gasteiger partial charge on any atom is 0.189 e. The number of allylic oxidation sites excluding steroid dienone is 1. The van der Waals surface area contributed by atoms with Crippen molar-refractivity contribution >= 4 is 11.9 Å². The third kappa shape index (κ3) is 5.39. The molecule has 0 radical (unpaired) electrons. The van der Waals surface area contributed by atoms with Gasteiger partial charge in [0.15, 0.2) is 5.78 Å². The van der Waals surface area contributed by atoms with Crippen LogP contribution in [0.3, 0.4) is 0 Å². The van der Waals surface area contributed by atoms with Crippen LogP contribution in [0.2, 0.25) is 0 Å². The number of aromatic hydroxyl groups is 2. The van der Waals surface area contributed by atoms with Crippen LogP contribution in [0, 0.1) is 0 Å². The predicted molar refractivity (Wildman–Crippen MR) is 112 cm³/mol. The summed E-state index contributed by atoms with van der Waals surface area (Å²) in [6, 6.07) is 19.1. The van der Waals surface area contributed by atoms with E-state index in [1.165, 1.54) is 30.4 Å². The molecule has 3 aromatic carbocycles. The molecule has 0 saturated heterocycles. The summed E-state index contributed by atoms with van der Waals surface area (Å²) in [5.41, 5.74) is 1.65. The summed E-state index contributed by atoms with van der Waals surface area (Å²) >= 11 is 0. The van der Waals surface area contributed by atoms with E-state index in [9.17, 15) is 15.0 Å². The van der Waals surface area contributed by atoms with Gasteiger partial charge in [0.2, 0.25) is 0 Å². The smallest absolute Gasteiger partial charge is 0.189 e. The van der Waals surface area contributed by atoms with Crippen molar-refractivity contribution in [2.45, 2.75) is 13.5 Å². The number of hydrogen-bond donors (Lipinski definition) is 2. The van der Waals surface area contributed by atoms with Gasteiger partial charge in [0, 0.05) is 17.7 Å². The van der Waals surface area contributed by atoms with Gasteiger partial charge in [-0.05, 0) is 48.9 Å². The molecule has 0 aliphatic carbocycles. The van der Waals surface area contributed by atoms with Crippen molar-refractivity contribution in [2.75, 3.05) is 6.61 Å². The van der Waals surface area contributed by atoms with Crippen molar-refractivity contribution in [3.05, 3.63) is 89.5 Å². The van der Waals surface area contributed by atoms with Gasteiger partial charge in [-0.25, -0.2) is 0 Å². The summed E-state index contributed by atoms with van der Waals surface area (Å²) < 4.78 is 11.0. The number of rotatable bonds is 8. The van der Waals surface area contributed by atoms with E-state index in [-0.39, 0.29) is 22.8 Å². The standard InChI is InChI=1S/C24H22O5/c1-2-28-19-11-12-21(24(27)15-19)22(25)13-9-18-8-10-20(14-23(18)26)29-16-17-6-4-3-5-7-17/h3-15,26-27H,2,16H2,1H3. The Morgan fingerprint density at radius 3 is 2.28 bits per heavy atom. The fourth-order valence-corrected chi connectivity index (χ4v) is 2.73. The Morgan fingerprint density at radius 1 is 0.897 bits per heavy atom. The van der Waals surface area contributed by atoms with Gasteiger partial charge >= 0.3 is 0 Å². The fraction of sp³-hybridized carbons (Fsp3) is 0.125. The van der Waals surface area contributed by atoms with Crippen LogP contribution in [0.15, 0.2) is 72.8 Å². The highest BCUT2D eigenvalue weighted by Crippen LogP contribution is 2.27. The zero-order chi connectivity index (χ0) is 20.6. The number of benzene rings is 3. The largest absolute Gasteiger partial charge is 0.507 e. The number of ether oxygens (including phenoxy) is 2. The van der Waals surface area contributed by atoms with Gasteiger partial charge in [-0.15, -0.1) is 0 Å². The first-order chi connectivity index (χ1) is 14.1. The second kappa shape index (κ2) is 9.46.